The molecule has 1 aliphatic heterocycles. The van der Waals surface area contributed by atoms with E-state index in [1.54, 1.807) is 0 Å². The summed E-state index contributed by atoms with van der Waals surface area (Å²) < 4.78 is 0. The van der Waals surface area contributed by atoms with E-state index < -0.39 is 0 Å². The Morgan fingerprint density at radius 2 is 2.12 bits per heavy atom. The Labute approximate surface area is 114 Å². The normalized spacial score (nSPS) is 25.1. The molecule has 0 amide bonds. The third-order valence-electron chi connectivity index (χ3n) is 3.89. The minimum Gasteiger partial charge on any atom is -0.369 e. The van der Waals surface area contributed by atoms with E-state index >= 15 is 0 Å². The third kappa shape index (κ3) is 2.71. The van der Waals surface area contributed by atoms with Crippen molar-refractivity contribution in [2.24, 2.45) is 5.92 Å². The van der Waals surface area contributed by atoms with Crippen LogP contribution < -0.4 is 4.90 Å². The molecule has 17 heavy (non-hydrogen) atoms. The molecule has 1 fully saturated rings. The maximum Gasteiger partial charge on any atom is 0.0488 e. The highest BCUT2D eigenvalue weighted by Crippen LogP contribution is 2.31. The second-order valence-electron chi connectivity index (χ2n) is 4.96. The molecule has 0 radical (unpaired) electrons. The lowest BCUT2D eigenvalue weighted by Crippen LogP contribution is -2.42. The van der Waals surface area contributed by atoms with Crippen LogP contribution in [-0.2, 0) is 5.88 Å². The summed E-state index contributed by atoms with van der Waals surface area (Å²) in [5.74, 6) is 1.22. The predicted molar refractivity (Wildman–Crippen MR) is 76.2 cm³/mol. The standard InChI is InChI=1S/C14H19Cl2N/c1-10-4-3-7-17(11(10)2)13-6-5-12(9-15)14(16)8-13/h5-6,8,10-11H,3-4,7,9H2,1-2H3. The van der Waals surface area contributed by atoms with Crippen LogP contribution in [0.4, 0.5) is 5.69 Å². The van der Waals surface area contributed by atoms with E-state index in [-0.39, 0.29) is 0 Å². The number of benzene rings is 1. The summed E-state index contributed by atoms with van der Waals surface area (Å²) in [7, 11) is 0. The summed E-state index contributed by atoms with van der Waals surface area (Å²) in [5.41, 5.74) is 2.23. The molecule has 0 N–H and O–H groups in total. The number of anilines is 1. The lowest BCUT2D eigenvalue weighted by molar-refractivity contribution is 0.363. The van der Waals surface area contributed by atoms with Crippen molar-refractivity contribution < 1.29 is 0 Å². The Hall–Kier alpha value is -0.400. The number of piperidine rings is 1. The Balaban J connectivity index is 2.24. The van der Waals surface area contributed by atoms with Gasteiger partial charge in [0.1, 0.15) is 0 Å². The maximum atomic E-state index is 6.22. The fourth-order valence-corrected chi connectivity index (χ4v) is 3.07. The highest BCUT2D eigenvalue weighted by molar-refractivity contribution is 6.32. The molecular weight excluding hydrogens is 253 g/mol. The minimum absolute atomic E-state index is 0.477. The van der Waals surface area contributed by atoms with Gasteiger partial charge in [0, 0.05) is 29.2 Å². The van der Waals surface area contributed by atoms with Gasteiger partial charge in [-0.3, -0.25) is 0 Å². The van der Waals surface area contributed by atoms with Gasteiger partial charge in [-0.25, -0.2) is 0 Å². The van der Waals surface area contributed by atoms with Gasteiger partial charge < -0.3 is 4.90 Å². The zero-order valence-electron chi connectivity index (χ0n) is 10.4. The van der Waals surface area contributed by atoms with E-state index in [4.69, 9.17) is 23.2 Å². The molecule has 0 bridgehead atoms. The van der Waals surface area contributed by atoms with Gasteiger partial charge in [0.2, 0.25) is 0 Å². The topological polar surface area (TPSA) is 3.24 Å². The van der Waals surface area contributed by atoms with Crippen LogP contribution in [0.2, 0.25) is 5.02 Å². The first-order valence-electron chi connectivity index (χ1n) is 6.24. The summed E-state index contributed by atoms with van der Waals surface area (Å²) in [4.78, 5) is 2.46. The Morgan fingerprint density at radius 1 is 1.35 bits per heavy atom. The molecule has 1 heterocycles. The zero-order valence-corrected chi connectivity index (χ0v) is 11.9. The van der Waals surface area contributed by atoms with Crippen molar-refractivity contribution in [2.75, 3.05) is 11.4 Å². The number of nitrogens with zero attached hydrogens (tertiary/aromatic N) is 1. The molecule has 0 aliphatic carbocycles. The number of halogens is 2. The smallest absolute Gasteiger partial charge is 0.0488 e. The first-order valence-corrected chi connectivity index (χ1v) is 7.15. The van der Waals surface area contributed by atoms with Crippen molar-refractivity contribution in [3.05, 3.63) is 28.8 Å². The number of hydrogen-bond donors (Lipinski definition) is 0. The average Bonchev–Trinajstić information content (AvgIpc) is 2.32. The van der Waals surface area contributed by atoms with E-state index in [9.17, 15) is 0 Å². The Morgan fingerprint density at radius 3 is 2.76 bits per heavy atom. The van der Waals surface area contributed by atoms with Gasteiger partial charge in [0.15, 0.2) is 0 Å². The Kier molecular flexibility index (Phi) is 4.22. The van der Waals surface area contributed by atoms with Crippen molar-refractivity contribution in [3.8, 4) is 0 Å². The van der Waals surface area contributed by atoms with Crippen LogP contribution in [0.5, 0.6) is 0 Å². The molecule has 2 atom stereocenters. The van der Waals surface area contributed by atoms with Crippen LogP contribution in [0, 0.1) is 5.92 Å². The number of hydrogen-bond acceptors (Lipinski definition) is 1. The van der Waals surface area contributed by atoms with Crippen molar-refractivity contribution in [3.63, 3.8) is 0 Å². The third-order valence-corrected chi connectivity index (χ3v) is 4.53. The molecule has 0 saturated carbocycles. The van der Waals surface area contributed by atoms with Crippen molar-refractivity contribution in [1.29, 1.82) is 0 Å². The van der Waals surface area contributed by atoms with Crippen LogP contribution in [-0.4, -0.2) is 12.6 Å². The summed E-state index contributed by atoms with van der Waals surface area (Å²) in [6.07, 6.45) is 2.59. The van der Waals surface area contributed by atoms with Crippen LogP contribution in [0.25, 0.3) is 0 Å². The maximum absolute atomic E-state index is 6.22. The molecule has 1 aromatic carbocycles. The van der Waals surface area contributed by atoms with Crippen LogP contribution in [0.15, 0.2) is 18.2 Å². The van der Waals surface area contributed by atoms with Gasteiger partial charge >= 0.3 is 0 Å². The van der Waals surface area contributed by atoms with Gasteiger partial charge in [-0.2, -0.15) is 0 Å². The number of rotatable bonds is 2. The minimum atomic E-state index is 0.477. The molecule has 3 heteroatoms. The second-order valence-corrected chi connectivity index (χ2v) is 5.64. The quantitative estimate of drug-likeness (QED) is 0.705. The van der Waals surface area contributed by atoms with Crippen LogP contribution in [0.1, 0.15) is 32.3 Å². The molecule has 0 aromatic heterocycles. The van der Waals surface area contributed by atoms with Gasteiger partial charge in [0.05, 0.1) is 0 Å². The van der Waals surface area contributed by atoms with E-state index in [1.807, 2.05) is 12.1 Å². The highest BCUT2D eigenvalue weighted by atomic mass is 35.5. The predicted octanol–water partition coefficient (Wildman–Crippen LogP) is 4.70. The first-order chi connectivity index (χ1) is 8.13. The fourth-order valence-electron chi connectivity index (χ4n) is 2.52. The first kappa shape index (κ1) is 13.0. The van der Waals surface area contributed by atoms with Gasteiger partial charge in [-0.05, 0) is 43.4 Å². The summed E-state index contributed by atoms with van der Waals surface area (Å²) >= 11 is 12.0. The van der Waals surface area contributed by atoms with Crippen molar-refractivity contribution >= 4 is 28.9 Å². The van der Waals surface area contributed by atoms with Crippen LogP contribution in [0.3, 0.4) is 0 Å². The average molecular weight is 272 g/mol. The summed E-state index contributed by atoms with van der Waals surface area (Å²) in [6, 6.07) is 6.81. The molecule has 2 rings (SSSR count). The van der Waals surface area contributed by atoms with Crippen molar-refractivity contribution in [2.45, 2.75) is 38.6 Å². The lowest BCUT2D eigenvalue weighted by atomic mass is 9.91. The second kappa shape index (κ2) is 5.49. The lowest BCUT2D eigenvalue weighted by Gasteiger charge is -2.39. The monoisotopic (exact) mass is 271 g/mol. The van der Waals surface area contributed by atoms with E-state index in [0.717, 1.165) is 23.0 Å². The molecule has 2 unspecified atom stereocenters. The molecule has 1 aliphatic rings. The summed E-state index contributed by atoms with van der Waals surface area (Å²) in [6.45, 7) is 5.75. The van der Waals surface area contributed by atoms with Crippen LogP contribution >= 0.6 is 23.2 Å². The molecular formula is C14H19Cl2N. The van der Waals surface area contributed by atoms with E-state index in [0.29, 0.717) is 11.9 Å². The molecule has 94 valence electrons. The molecule has 1 saturated heterocycles. The van der Waals surface area contributed by atoms with Gasteiger partial charge in [-0.15, -0.1) is 11.6 Å². The fraction of sp³-hybridized carbons (Fsp3) is 0.571. The zero-order chi connectivity index (χ0) is 12.4. The van der Waals surface area contributed by atoms with Crippen molar-refractivity contribution in [1.82, 2.24) is 0 Å². The Bertz CT molecular complexity index is 392. The highest BCUT2D eigenvalue weighted by Gasteiger charge is 2.24. The SMILES string of the molecule is CC1CCCN(c2ccc(CCl)c(Cl)c2)C1C. The summed E-state index contributed by atoms with van der Waals surface area (Å²) in [5, 5.41) is 0.780. The molecule has 1 nitrogen and oxygen atoms in total. The van der Waals surface area contributed by atoms with Gasteiger partial charge in [-0.1, -0.05) is 24.6 Å². The largest absolute Gasteiger partial charge is 0.369 e. The molecule has 0 spiro atoms. The van der Waals surface area contributed by atoms with E-state index in [1.165, 1.54) is 18.5 Å². The number of alkyl halides is 1. The van der Waals surface area contributed by atoms with E-state index in [2.05, 4.69) is 24.8 Å². The van der Waals surface area contributed by atoms with Gasteiger partial charge in [0.25, 0.3) is 0 Å². The molecule has 1 aromatic rings.